The molecular formula is C13H18N2OS. The third-order valence-corrected chi connectivity index (χ3v) is 3.83. The smallest absolute Gasteiger partial charge is 0.238 e. The number of carbonyl (C=O) groups is 1. The van der Waals surface area contributed by atoms with Gasteiger partial charge in [0.25, 0.3) is 0 Å². The molecule has 3 nitrogen and oxygen atoms in total. The average Bonchev–Trinajstić information content (AvgIpc) is 2.33. The monoisotopic (exact) mass is 250 g/mol. The van der Waals surface area contributed by atoms with Gasteiger partial charge in [-0.3, -0.25) is 9.69 Å². The predicted octanol–water partition coefficient (Wildman–Crippen LogP) is 1.98. The molecule has 1 aromatic rings. The molecule has 4 heteroatoms. The number of benzene rings is 1. The van der Waals surface area contributed by atoms with Gasteiger partial charge < -0.3 is 5.32 Å². The highest BCUT2D eigenvalue weighted by Crippen LogP contribution is 2.13. The maximum atomic E-state index is 11.9. The summed E-state index contributed by atoms with van der Waals surface area (Å²) in [6.45, 7) is 4.56. The van der Waals surface area contributed by atoms with Gasteiger partial charge in [0.15, 0.2) is 0 Å². The number of hydrogen-bond donors (Lipinski definition) is 1. The minimum absolute atomic E-state index is 0.0891. The largest absolute Gasteiger partial charge is 0.325 e. The van der Waals surface area contributed by atoms with Gasteiger partial charge in [-0.25, -0.2) is 0 Å². The van der Waals surface area contributed by atoms with Crippen LogP contribution in [0.4, 0.5) is 5.69 Å². The molecule has 1 saturated heterocycles. The van der Waals surface area contributed by atoms with Crippen molar-refractivity contribution in [1.82, 2.24) is 4.90 Å². The second-order valence-corrected chi connectivity index (χ2v) is 5.48. The molecule has 0 aliphatic carbocycles. The molecule has 0 radical (unpaired) electrons. The van der Waals surface area contributed by atoms with Gasteiger partial charge in [-0.05, 0) is 18.6 Å². The van der Waals surface area contributed by atoms with Gasteiger partial charge in [-0.2, -0.15) is 11.8 Å². The molecule has 1 heterocycles. The average molecular weight is 250 g/mol. The Morgan fingerprint density at radius 1 is 1.35 bits per heavy atom. The van der Waals surface area contributed by atoms with Crippen LogP contribution in [0.3, 0.4) is 0 Å². The fourth-order valence-electron chi connectivity index (χ4n) is 1.87. The topological polar surface area (TPSA) is 32.3 Å². The van der Waals surface area contributed by atoms with Crippen LogP contribution >= 0.6 is 11.8 Å². The van der Waals surface area contributed by atoms with Gasteiger partial charge in [-0.15, -0.1) is 0 Å². The summed E-state index contributed by atoms with van der Waals surface area (Å²) in [5, 5.41) is 2.97. The van der Waals surface area contributed by atoms with E-state index in [4.69, 9.17) is 0 Å². The molecule has 1 N–H and O–H groups in total. The maximum absolute atomic E-state index is 11.9. The molecule has 1 aliphatic heterocycles. The Morgan fingerprint density at radius 3 is 2.76 bits per heavy atom. The zero-order valence-corrected chi connectivity index (χ0v) is 10.9. The normalized spacial score (nSPS) is 16.8. The Kier molecular flexibility index (Phi) is 4.45. The van der Waals surface area contributed by atoms with E-state index < -0.39 is 0 Å². The Hall–Kier alpha value is -1.000. The minimum Gasteiger partial charge on any atom is -0.325 e. The third kappa shape index (κ3) is 3.75. The van der Waals surface area contributed by atoms with Crippen molar-refractivity contribution in [1.29, 1.82) is 0 Å². The molecule has 0 aromatic heterocycles. The van der Waals surface area contributed by atoms with E-state index in [1.165, 1.54) is 0 Å². The molecular weight excluding hydrogens is 232 g/mol. The number of anilines is 1. The zero-order valence-electron chi connectivity index (χ0n) is 10.1. The van der Waals surface area contributed by atoms with Gasteiger partial charge in [0.2, 0.25) is 5.91 Å². The number of hydrogen-bond acceptors (Lipinski definition) is 3. The standard InChI is InChI=1S/C13H18N2OS/c1-11-4-2-3-5-12(11)14-13(16)10-15-6-8-17-9-7-15/h2-5H,6-10H2,1H3,(H,14,16). The lowest BCUT2D eigenvalue weighted by Gasteiger charge is -2.25. The van der Waals surface area contributed by atoms with Crippen LogP contribution in [0.15, 0.2) is 24.3 Å². The first-order chi connectivity index (χ1) is 8.25. The maximum Gasteiger partial charge on any atom is 0.238 e. The Bertz CT molecular complexity index is 389. The van der Waals surface area contributed by atoms with Crippen LogP contribution in [0.1, 0.15) is 5.56 Å². The van der Waals surface area contributed by atoms with Crippen LogP contribution in [0.2, 0.25) is 0 Å². The third-order valence-electron chi connectivity index (χ3n) is 2.89. The first kappa shape index (κ1) is 12.5. The van der Waals surface area contributed by atoms with Gasteiger partial charge in [0, 0.05) is 30.3 Å². The van der Waals surface area contributed by atoms with Gasteiger partial charge in [0.1, 0.15) is 0 Å². The van der Waals surface area contributed by atoms with Crippen LogP contribution in [-0.4, -0.2) is 41.9 Å². The number of carbonyl (C=O) groups excluding carboxylic acids is 1. The fourth-order valence-corrected chi connectivity index (χ4v) is 2.84. The number of nitrogens with one attached hydrogen (secondary N) is 1. The molecule has 0 saturated carbocycles. The lowest BCUT2D eigenvalue weighted by Crippen LogP contribution is -2.38. The molecule has 92 valence electrons. The molecule has 2 rings (SSSR count). The van der Waals surface area contributed by atoms with E-state index in [1.54, 1.807) is 0 Å². The van der Waals surface area contributed by atoms with Crippen molar-refractivity contribution < 1.29 is 4.79 Å². The lowest BCUT2D eigenvalue weighted by molar-refractivity contribution is -0.117. The highest BCUT2D eigenvalue weighted by molar-refractivity contribution is 7.99. The lowest BCUT2D eigenvalue weighted by atomic mass is 10.2. The number of amides is 1. The summed E-state index contributed by atoms with van der Waals surface area (Å²) in [6.07, 6.45) is 0. The number of para-hydroxylation sites is 1. The van der Waals surface area contributed by atoms with E-state index in [-0.39, 0.29) is 5.91 Å². The first-order valence-corrected chi connectivity index (χ1v) is 7.07. The van der Waals surface area contributed by atoms with Crippen molar-refractivity contribution in [2.45, 2.75) is 6.92 Å². The summed E-state index contributed by atoms with van der Waals surface area (Å²) < 4.78 is 0. The van der Waals surface area contributed by atoms with Crippen molar-refractivity contribution in [3.05, 3.63) is 29.8 Å². The molecule has 0 unspecified atom stereocenters. The molecule has 0 bridgehead atoms. The molecule has 0 atom stereocenters. The Balaban J connectivity index is 1.86. The number of rotatable bonds is 3. The van der Waals surface area contributed by atoms with Gasteiger partial charge >= 0.3 is 0 Å². The number of thioether (sulfide) groups is 1. The van der Waals surface area contributed by atoms with Crippen molar-refractivity contribution >= 4 is 23.4 Å². The highest BCUT2D eigenvalue weighted by atomic mass is 32.2. The summed E-state index contributed by atoms with van der Waals surface area (Å²) in [7, 11) is 0. The summed E-state index contributed by atoms with van der Waals surface area (Å²) in [6, 6.07) is 7.87. The number of aryl methyl sites for hydroxylation is 1. The summed E-state index contributed by atoms with van der Waals surface area (Å²) in [4.78, 5) is 14.1. The summed E-state index contributed by atoms with van der Waals surface area (Å²) in [5.74, 6) is 2.36. The van der Waals surface area contributed by atoms with Crippen LogP contribution in [0.5, 0.6) is 0 Å². The molecule has 0 spiro atoms. The van der Waals surface area contributed by atoms with E-state index in [1.807, 2.05) is 43.0 Å². The first-order valence-electron chi connectivity index (χ1n) is 5.91. The highest BCUT2D eigenvalue weighted by Gasteiger charge is 2.14. The van der Waals surface area contributed by atoms with Crippen LogP contribution in [-0.2, 0) is 4.79 Å². The summed E-state index contributed by atoms with van der Waals surface area (Å²) in [5.41, 5.74) is 2.03. The quantitative estimate of drug-likeness (QED) is 0.890. The second kappa shape index (κ2) is 6.07. The molecule has 1 aliphatic rings. The SMILES string of the molecule is Cc1ccccc1NC(=O)CN1CCSCC1. The van der Waals surface area contributed by atoms with Gasteiger partial charge in [-0.1, -0.05) is 18.2 Å². The van der Waals surface area contributed by atoms with E-state index in [0.29, 0.717) is 6.54 Å². The Labute approximate surface area is 107 Å². The second-order valence-electron chi connectivity index (χ2n) is 4.25. The van der Waals surface area contributed by atoms with Crippen molar-refractivity contribution in [2.24, 2.45) is 0 Å². The molecule has 1 aromatic carbocycles. The van der Waals surface area contributed by atoms with Gasteiger partial charge in [0.05, 0.1) is 6.54 Å². The summed E-state index contributed by atoms with van der Waals surface area (Å²) >= 11 is 1.96. The zero-order chi connectivity index (χ0) is 12.1. The van der Waals surface area contributed by atoms with Crippen molar-refractivity contribution in [3.8, 4) is 0 Å². The van der Waals surface area contributed by atoms with Crippen LogP contribution in [0.25, 0.3) is 0 Å². The number of nitrogens with zero attached hydrogens (tertiary/aromatic N) is 1. The molecule has 17 heavy (non-hydrogen) atoms. The van der Waals surface area contributed by atoms with E-state index in [2.05, 4.69) is 10.2 Å². The fraction of sp³-hybridized carbons (Fsp3) is 0.462. The van der Waals surface area contributed by atoms with Crippen molar-refractivity contribution in [3.63, 3.8) is 0 Å². The van der Waals surface area contributed by atoms with E-state index >= 15 is 0 Å². The van der Waals surface area contributed by atoms with Crippen molar-refractivity contribution in [2.75, 3.05) is 36.5 Å². The minimum atomic E-state index is 0.0891. The Morgan fingerprint density at radius 2 is 2.06 bits per heavy atom. The molecule has 1 fully saturated rings. The van der Waals surface area contributed by atoms with E-state index in [9.17, 15) is 4.79 Å². The van der Waals surface area contributed by atoms with E-state index in [0.717, 1.165) is 35.8 Å². The van der Waals surface area contributed by atoms with Crippen LogP contribution in [0, 0.1) is 6.92 Å². The predicted molar refractivity (Wildman–Crippen MR) is 73.6 cm³/mol. The van der Waals surface area contributed by atoms with Crippen LogP contribution < -0.4 is 5.32 Å². The molecule has 1 amide bonds.